The molecule has 2 aromatic rings. The summed E-state index contributed by atoms with van der Waals surface area (Å²) < 4.78 is 39.2. The average molecular weight is 343 g/mol. The molecular weight excluding hydrogens is 325 g/mol. The molecule has 0 fully saturated rings. The van der Waals surface area contributed by atoms with E-state index in [1.165, 1.54) is 19.2 Å². The van der Waals surface area contributed by atoms with Crippen molar-refractivity contribution in [3.8, 4) is 0 Å². The van der Waals surface area contributed by atoms with Crippen molar-refractivity contribution in [2.75, 3.05) is 18.9 Å². The van der Waals surface area contributed by atoms with Crippen molar-refractivity contribution < 1.29 is 12.8 Å². The third-order valence-corrected chi connectivity index (χ3v) is 5.51. The first-order valence-corrected chi connectivity index (χ1v) is 9.16. The molecule has 0 atom stereocenters. The number of anilines is 1. The number of aryl methyl sites for hydroxylation is 2. The first-order valence-electron chi connectivity index (χ1n) is 6.80. The van der Waals surface area contributed by atoms with Crippen molar-refractivity contribution in [1.82, 2.24) is 9.71 Å². The molecule has 1 aromatic heterocycles. The number of aromatic nitrogens is 1. The summed E-state index contributed by atoms with van der Waals surface area (Å²) in [5.74, 6) is -0.582. The van der Waals surface area contributed by atoms with E-state index in [1.807, 2.05) is 12.3 Å². The van der Waals surface area contributed by atoms with Crippen molar-refractivity contribution in [2.45, 2.75) is 24.7 Å². The predicted molar refractivity (Wildman–Crippen MR) is 86.3 cm³/mol. The maximum absolute atomic E-state index is 13.9. The second-order valence-electron chi connectivity index (χ2n) is 4.76. The van der Waals surface area contributed by atoms with Crippen LogP contribution < -0.4 is 10.0 Å². The van der Waals surface area contributed by atoms with E-state index in [1.54, 1.807) is 11.3 Å². The zero-order valence-corrected chi connectivity index (χ0v) is 14.0. The van der Waals surface area contributed by atoms with Crippen molar-refractivity contribution >= 4 is 27.0 Å². The largest absolute Gasteiger partial charge is 0.383 e. The number of halogens is 1. The fraction of sp³-hybridized carbons (Fsp3) is 0.357. The van der Waals surface area contributed by atoms with Gasteiger partial charge >= 0.3 is 0 Å². The van der Waals surface area contributed by atoms with Crippen LogP contribution in [-0.4, -0.2) is 27.0 Å². The predicted octanol–water partition coefficient (Wildman–Crippen LogP) is 2.54. The molecule has 120 valence electrons. The van der Waals surface area contributed by atoms with E-state index in [-0.39, 0.29) is 4.90 Å². The van der Waals surface area contributed by atoms with Gasteiger partial charge in [0.25, 0.3) is 0 Å². The van der Waals surface area contributed by atoms with E-state index in [9.17, 15) is 12.8 Å². The third-order valence-electron chi connectivity index (χ3n) is 3.07. The van der Waals surface area contributed by atoms with Gasteiger partial charge in [-0.15, -0.1) is 11.3 Å². The molecule has 22 heavy (non-hydrogen) atoms. The maximum Gasteiger partial charge on any atom is 0.240 e. The lowest BCUT2D eigenvalue weighted by Crippen LogP contribution is -2.18. The smallest absolute Gasteiger partial charge is 0.240 e. The first-order chi connectivity index (χ1) is 10.4. The van der Waals surface area contributed by atoms with E-state index in [4.69, 9.17) is 0 Å². The second-order valence-corrected chi connectivity index (χ2v) is 7.59. The summed E-state index contributed by atoms with van der Waals surface area (Å²) >= 11 is 1.62. The topological polar surface area (TPSA) is 71.1 Å². The molecule has 0 spiro atoms. The van der Waals surface area contributed by atoms with E-state index in [2.05, 4.69) is 15.0 Å². The Kier molecular flexibility index (Phi) is 5.49. The van der Waals surface area contributed by atoms with Gasteiger partial charge in [-0.2, -0.15) is 0 Å². The Labute approximate surface area is 133 Å². The van der Waals surface area contributed by atoms with Crippen LogP contribution in [0.2, 0.25) is 0 Å². The fourth-order valence-electron chi connectivity index (χ4n) is 1.90. The molecule has 0 saturated heterocycles. The van der Waals surface area contributed by atoms with Gasteiger partial charge in [-0.1, -0.05) is 0 Å². The van der Waals surface area contributed by atoms with Gasteiger partial charge in [0, 0.05) is 24.0 Å². The Morgan fingerprint density at radius 2 is 2.14 bits per heavy atom. The highest BCUT2D eigenvalue weighted by atomic mass is 32.2. The Morgan fingerprint density at radius 1 is 1.36 bits per heavy atom. The monoisotopic (exact) mass is 343 g/mol. The molecule has 8 heteroatoms. The number of rotatable bonds is 7. The maximum atomic E-state index is 13.9. The van der Waals surface area contributed by atoms with E-state index >= 15 is 0 Å². The normalized spacial score (nSPS) is 11.6. The molecule has 0 bridgehead atoms. The van der Waals surface area contributed by atoms with E-state index in [0.717, 1.165) is 29.6 Å². The van der Waals surface area contributed by atoms with Gasteiger partial charge in [-0.3, -0.25) is 0 Å². The van der Waals surface area contributed by atoms with Gasteiger partial charge < -0.3 is 5.32 Å². The molecule has 0 unspecified atom stereocenters. The van der Waals surface area contributed by atoms with Crippen molar-refractivity contribution in [2.24, 2.45) is 0 Å². The average Bonchev–Trinajstić information content (AvgIpc) is 2.90. The minimum Gasteiger partial charge on any atom is -0.383 e. The van der Waals surface area contributed by atoms with E-state index < -0.39 is 15.8 Å². The Morgan fingerprint density at radius 3 is 2.73 bits per heavy atom. The number of benzene rings is 1. The second kappa shape index (κ2) is 7.17. The number of sulfonamides is 1. The van der Waals surface area contributed by atoms with Crippen LogP contribution in [0.5, 0.6) is 0 Å². The lowest BCUT2D eigenvalue weighted by atomic mass is 10.2. The molecule has 5 nitrogen and oxygen atoms in total. The molecule has 2 N–H and O–H groups in total. The molecule has 2 rings (SSSR count). The van der Waals surface area contributed by atoms with Crippen LogP contribution in [0.15, 0.2) is 28.5 Å². The van der Waals surface area contributed by atoms with Gasteiger partial charge in [0.1, 0.15) is 5.82 Å². The summed E-state index contributed by atoms with van der Waals surface area (Å²) in [6.07, 6.45) is 1.66. The van der Waals surface area contributed by atoms with Crippen LogP contribution >= 0.6 is 11.3 Å². The summed E-state index contributed by atoms with van der Waals surface area (Å²) in [7, 11) is -2.33. The van der Waals surface area contributed by atoms with Crippen molar-refractivity contribution in [3.63, 3.8) is 0 Å². The summed E-state index contributed by atoms with van der Waals surface area (Å²) in [6, 6.07) is 3.83. The molecule has 0 radical (unpaired) electrons. The van der Waals surface area contributed by atoms with Gasteiger partial charge in [0.15, 0.2) is 0 Å². The van der Waals surface area contributed by atoms with Crippen molar-refractivity contribution in [3.05, 3.63) is 40.1 Å². The highest BCUT2D eigenvalue weighted by Crippen LogP contribution is 2.19. The molecule has 1 heterocycles. The molecule has 1 aromatic carbocycles. The standard InChI is InChI=1S/C14H18FN3O2S2/c1-10-9-21-14(18-10)4-3-7-17-13-6-5-11(8-12(13)15)22(19,20)16-2/h5-6,8-9,16-17H,3-4,7H2,1-2H3. The van der Waals surface area contributed by atoms with Crippen LogP contribution in [0, 0.1) is 12.7 Å². The molecule has 0 aliphatic rings. The van der Waals surface area contributed by atoms with Gasteiger partial charge in [-0.05, 0) is 38.6 Å². The minimum absolute atomic E-state index is 0.0867. The van der Waals surface area contributed by atoms with Gasteiger partial charge in [0.05, 0.1) is 15.6 Å². The van der Waals surface area contributed by atoms with Crippen LogP contribution in [-0.2, 0) is 16.4 Å². The number of hydrogen-bond acceptors (Lipinski definition) is 5. The zero-order chi connectivity index (χ0) is 16.2. The Balaban J connectivity index is 1.91. The van der Waals surface area contributed by atoms with Gasteiger partial charge in [-0.25, -0.2) is 22.5 Å². The number of hydrogen-bond donors (Lipinski definition) is 2. The SMILES string of the molecule is CNS(=O)(=O)c1ccc(NCCCc2nc(C)cs2)c(F)c1. The summed E-state index contributed by atoms with van der Waals surface area (Å²) in [5.41, 5.74) is 1.31. The van der Waals surface area contributed by atoms with Gasteiger partial charge in [0.2, 0.25) is 10.0 Å². The number of nitrogens with one attached hydrogen (secondary N) is 2. The summed E-state index contributed by atoms with van der Waals surface area (Å²) in [5, 5.41) is 6.04. The first kappa shape index (κ1) is 16.9. The molecular formula is C14H18FN3O2S2. The Bertz CT molecular complexity index is 744. The third kappa shape index (κ3) is 4.25. The van der Waals surface area contributed by atoms with Crippen LogP contribution in [0.1, 0.15) is 17.1 Å². The number of thiazole rings is 1. The molecule has 0 saturated carbocycles. The van der Waals surface area contributed by atoms with Crippen LogP contribution in [0.25, 0.3) is 0 Å². The zero-order valence-electron chi connectivity index (χ0n) is 12.4. The van der Waals surface area contributed by atoms with Crippen LogP contribution in [0.3, 0.4) is 0 Å². The lowest BCUT2D eigenvalue weighted by molar-refractivity contribution is 0.584. The quantitative estimate of drug-likeness (QED) is 0.758. The summed E-state index contributed by atoms with van der Waals surface area (Å²) in [4.78, 5) is 4.28. The number of nitrogens with zero attached hydrogens (tertiary/aromatic N) is 1. The highest BCUT2D eigenvalue weighted by Gasteiger charge is 2.13. The van der Waals surface area contributed by atoms with E-state index in [0.29, 0.717) is 12.2 Å². The molecule has 0 amide bonds. The summed E-state index contributed by atoms with van der Waals surface area (Å²) in [6.45, 7) is 2.54. The molecule has 0 aliphatic heterocycles. The van der Waals surface area contributed by atoms with Crippen molar-refractivity contribution in [1.29, 1.82) is 0 Å². The minimum atomic E-state index is -3.62. The fourth-order valence-corrected chi connectivity index (χ4v) is 3.46. The molecule has 0 aliphatic carbocycles. The Hall–Kier alpha value is -1.51. The van der Waals surface area contributed by atoms with Crippen LogP contribution in [0.4, 0.5) is 10.1 Å². The lowest BCUT2D eigenvalue weighted by Gasteiger charge is -2.09. The highest BCUT2D eigenvalue weighted by molar-refractivity contribution is 7.89.